The van der Waals surface area contributed by atoms with Gasteiger partial charge >= 0.3 is 11.8 Å². The maximum atomic E-state index is 11.9. The molecule has 0 aromatic heterocycles. The molecule has 1 aliphatic heterocycles. The van der Waals surface area contributed by atoms with Crippen molar-refractivity contribution in [2.75, 3.05) is 49.5 Å². The molecule has 0 spiro atoms. The molecule has 27 heavy (non-hydrogen) atoms. The Morgan fingerprint density at radius 2 is 1.56 bits per heavy atom. The van der Waals surface area contributed by atoms with Gasteiger partial charge in [0.1, 0.15) is 0 Å². The Balaban J connectivity index is 1.35. The normalized spacial score (nSPS) is 14.6. The van der Waals surface area contributed by atoms with Crippen LogP contribution in [0.3, 0.4) is 0 Å². The van der Waals surface area contributed by atoms with Crippen molar-refractivity contribution in [3.8, 4) is 0 Å². The molecule has 1 aliphatic rings. The Labute approximate surface area is 164 Å². The minimum absolute atomic E-state index is 0.446. The first kappa shape index (κ1) is 19.2. The molecule has 2 N–H and O–H groups in total. The van der Waals surface area contributed by atoms with Crippen LogP contribution >= 0.6 is 11.6 Å². The molecule has 2 aromatic carbocycles. The number of carbonyl (C=O) groups excluding carboxylic acids is 2. The number of halogens is 1. The van der Waals surface area contributed by atoms with Crippen molar-refractivity contribution in [1.82, 2.24) is 10.2 Å². The second-order valence-corrected chi connectivity index (χ2v) is 6.82. The molecule has 3 rings (SSSR count). The zero-order valence-electron chi connectivity index (χ0n) is 15.0. The quantitative estimate of drug-likeness (QED) is 0.773. The average molecular weight is 387 g/mol. The lowest BCUT2D eigenvalue weighted by molar-refractivity contribution is -0.136. The molecule has 1 heterocycles. The predicted molar refractivity (Wildman–Crippen MR) is 108 cm³/mol. The number of nitrogens with zero attached hydrogens (tertiary/aromatic N) is 2. The van der Waals surface area contributed by atoms with Crippen LogP contribution in [-0.4, -0.2) is 56.0 Å². The highest BCUT2D eigenvalue weighted by Crippen LogP contribution is 2.19. The molecule has 2 amide bonds. The summed E-state index contributed by atoms with van der Waals surface area (Å²) in [5.41, 5.74) is 1.78. The molecule has 7 heteroatoms. The van der Waals surface area contributed by atoms with Gasteiger partial charge in [-0.1, -0.05) is 29.8 Å². The van der Waals surface area contributed by atoms with Gasteiger partial charge in [-0.05, 0) is 36.4 Å². The van der Waals surface area contributed by atoms with E-state index in [2.05, 4.69) is 20.4 Å². The lowest BCUT2D eigenvalue weighted by Crippen LogP contribution is -2.49. The number of benzene rings is 2. The topological polar surface area (TPSA) is 64.7 Å². The van der Waals surface area contributed by atoms with Crippen molar-refractivity contribution in [2.24, 2.45) is 0 Å². The van der Waals surface area contributed by atoms with Crippen molar-refractivity contribution < 1.29 is 9.59 Å². The molecule has 0 atom stereocenters. The zero-order chi connectivity index (χ0) is 19.1. The van der Waals surface area contributed by atoms with E-state index in [0.717, 1.165) is 37.7 Å². The number of piperazine rings is 1. The highest BCUT2D eigenvalue weighted by Gasteiger charge is 2.18. The Hall–Kier alpha value is -2.57. The van der Waals surface area contributed by atoms with Crippen molar-refractivity contribution in [1.29, 1.82) is 0 Å². The smallest absolute Gasteiger partial charge is 0.313 e. The number of rotatable bonds is 5. The van der Waals surface area contributed by atoms with Gasteiger partial charge in [-0.3, -0.25) is 14.5 Å². The van der Waals surface area contributed by atoms with Crippen LogP contribution < -0.4 is 15.5 Å². The van der Waals surface area contributed by atoms with Crippen LogP contribution in [0.2, 0.25) is 5.02 Å². The highest BCUT2D eigenvalue weighted by atomic mass is 35.5. The maximum absolute atomic E-state index is 11.9. The molecule has 0 aliphatic carbocycles. The second kappa shape index (κ2) is 9.39. The molecule has 0 bridgehead atoms. The summed E-state index contributed by atoms with van der Waals surface area (Å²) in [7, 11) is 0. The fraction of sp³-hybridized carbons (Fsp3) is 0.300. The molecule has 1 saturated heterocycles. The summed E-state index contributed by atoms with van der Waals surface area (Å²) in [6, 6.07) is 16.8. The van der Waals surface area contributed by atoms with Crippen LogP contribution in [0.15, 0.2) is 54.6 Å². The van der Waals surface area contributed by atoms with Gasteiger partial charge in [-0.2, -0.15) is 0 Å². The third kappa shape index (κ3) is 5.70. The van der Waals surface area contributed by atoms with Crippen molar-refractivity contribution >= 4 is 34.8 Å². The Bertz CT molecular complexity index is 759. The van der Waals surface area contributed by atoms with E-state index in [1.165, 1.54) is 5.69 Å². The summed E-state index contributed by atoms with van der Waals surface area (Å²) in [6.45, 7) is 4.83. The summed E-state index contributed by atoms with van der Waals surface area (Å²) in [5.74, 6) is -1.26. The number of nitrogens with one attached hydrogen (secondary N) is 2. The highest BCUT2D eigenvalue weighted by molar-refractivity contribution is 6.39. The van der Waals surface area contributed by atoms with Gasteiger partial charge in [0.25, 0.3) is 0 Å². The number of anilines is 2. The molecule has 6 nitrogen and oxygen atoms in total. The van der Waals surface area contributed by atoms with E-state index in [4.69, 9.17) is 11.6 Å². The number of amides is 2. The molecule has 0 unspecified atom stereocenters. The molecular formula is C20H23ClN4O2. The molecule has 2 aromatic rings. The predicted octanol–water partition coefficient (Wildman–Crippen LogP) is 2.22. The first-order valence-electron chi connectivity index (χ1n) is 8.99. The van der Waals surface area contributed by atoms with Crippen LogP contribution in [-0.2, 0) is 9.59 Å². The fourth-order valence-corrected chi connectivity index (χ4v) is 3.12. The van der Waals surface area contributed by atoms with Gasteiger partial charge in [0.2, 0.25) is 0 Å². The number of carbonyl (C=O) groups is 2. The lowest BCUT2D eigenvalue weighted by Gasteiger charge is -2.36. The third-order valence-corrected chi connectivity index (χ3v) is 4.77. The molecular weight excluding hydrogens is 364 g/mol. The second-order valence-electron chi connectivity index (χ2n) is 6.38. The number of para-hydroxylation sites is 1. The number of hydrogen-bond acceptors (Lipinski definition) is 4. The summed E-state index contributed by atoms with van der Waals surface area (Å²) >= 11 is 5.93. The Morgan fingerprint density at radius 3 is 2.22 bits per heavy atom. The monoisotopic (exact) mass is 386 g/mol. The minimum atomic E-state index is -0.645. The molecule has 0 saturated carbocycles. The summed E-state index contributed by atoms with van der Waals surface area (Å²) < 4.78 is 0. The number of hydrogen-bond donors (Lipinski definition) is 2. The SMILES string of the molecule is O=C(NCCN1CCN(c2ccc(Cl)cc2)CC1)C(=O)Nc1ccccc1. The van der Waals surface area contributed by atoms with E-state index in [1.54, 1.807) is 24.3 Å². The van der Waals surface area contributed by atoms with Gasteiger partial charge in [0, 0.05) is 55.7 Å². The van der Waals surface area contributed by atoms with Crippen molar-refractivity contribution in [3.05, 3.63) is 59.6 Å². The minimum Gasteiger partial charge on any atom is -0.369 e. The van der Waals surface area contributed by atoms with Crippen LogP contribution in [0.1, 0.15) is 0 Å². The van der Waals surface area contributed by atoms with Crippen LogP contribution in [0.5, 0.6) is 0 Å². The summed E-state index contributed by atoms with van der Waals surface area (Å²) in [6.07, 6.45) is 0. The van der Waals surface area contributed by atoms with E-state index >= 15 is 0 Å². The van der Waals surface area contributed by atoms with Crippen LogP contribution in [0.4, 0.5) is 11.4 Å². The van der Waals surface area contributed by atoms with Gasteiger partial charge in [0.05, 0.1) is 0 Å². The fourth-order valence-electron chi connectivity index (χ4n) is 3.00. The summed E-state index contributed by atoms with van der Waals surface area (Å²) in [4.78, 5) is 28.4. The van der Waals surface area contributed by atoms with Crippen LogP contribution in [0.25, 0.3) is 0 Å². The Morgan fingerprint density at radius 1 is 0.889 bits per heavy atom. The third-order valence-electron chi connectivity index (χ3n) is 4.52. The summed E-state index contributed by atoms with van der Waals surface area (Å²) in [5, 5.41) is 6.00. The van der Waals surface area contributed by atoms with E-state index in [9.17, 15) is 9.59 Å². The molecule has 0 radical (unpaired) electrons. The van der Waals surface area contributed by atoms with Crippen molar-refractivity contribution in [3.63, 3.8) is 0 Å². The average Bonchev–Trinajstić information content (AvgIpc) is 2.70. The van der Waals surface area contributed by atoms with Gasteiger partial charge < -0.3 is 15.5 Å². The van der Waals surface area contributed by atoms with E-state index in [1.807, 2.05) is 30.3 Å². The van der Waals surface area contributed by atoms with Gasteiger partial charge in [0.15, 0.2) is 0 Å². The largest absolute Gasteiger partial charge is 0.369 e. The van der Waals surface area contributed by atoms with Gasteiger partial charge in [-0.25, -0.2) is 0 Å². The lowest BCUT2D eigenvalue weighted by atomic mass is 10.2. The molecule has 1 fully saturated rings. The van der Waals surface area contributed by atoms with E-state index in [-0.39, 0.29) is 0 Å². The standard InChI is InChI=1S/C20H23ClN4O2/c21-16-6-8-18(9-7-16)25-14-12-24(13-15-25)11-10-22-19(26)20(27)23-17-4-2-1-3-5-17/h1-9H,10-15H2,(H,22,26)(H,23,27). The maximum Gasteiger partial charge on any atom is 0.313 e. The zero-order valence-corrected chi connectivity index (χ0v) is 15.8. The first-order valence-corrected chi connectivity index (χ1v) is 9.37. The van der Waals surface area contributed by atoms with E-state index < -0.39 is 11.8 Å². The van der Waals surface area contributed by atoms with Crippen molar-refractivity contribution in [2.45, 2.75) is 0 Å². The molecule has 142 valence electrons. The first-order chi connectivity index (χ1) is 13.1. The van der Waals surface area contributed by atoms with Crippen LogP contribution in [0, 0.1) is 0 Å². The van der Waals surface area contributed by atoms with Gasteiger partial charge in [-0.15, -0.1) is 0 Å². The van der Waals surface area contributed by atoms with E-state index in [0.29, 0.717) is 12.2 Å². The Kier molecular flexibility index (Phi) is 6.68.